The molecule has 2 rings (SSSR count). The Bertz CT molecular complexity index is 147. The van der Waals surface area contributed by atoms with E-state index in [1.165, 1.54) is 0 Å². The summed E-state index contributed by atoms with van der Waals surface area (Å²) in [5.74, 6) is -1.81. The maximum atomic E-state index is 12.8. The minimum atomic E-state index is -2.36. The van der Waals surface area contributed by atoms with Crippen LogP contribution in [0.3, 0.4) is 0 Å². The summed E-state index contributed by atoms with van der Waals surface area (Å²) < 4.78 is 25.6. The molecule has 0 aromatic heterocycles. The lowest BCUT2D eigenvalue weighted by Gasteiger charge is -2.24. The van der Waals surface area contributed by atoms with Gasteiger partial charge in [-0.2, -0.15) is 0 Å². The van der Waals surface area contributed by atoms with Crippen LogP contribution in [-0.2, 0) is 0 Å². The Hall–Kier alpha value is 0.110. The largest absolute Gasteiger partial charge is 0.316 e. The minimum Gasteiger partial charge on any atom is -0.316 e. The molecule has 0 spiro atoms. The molecule has 12 heavy (non-hydrogen) atoms. The summed E-state index contributed by atoms with van der Waals surface area (Å²) in [4.78, 5) is 0. The minimum absolute atomic E-state index is 0. The van der Waals surface area contributed by atoms with E-state index >= 15 is 0 Å². The van der Waals surface area contributed by atoms with Crippen LogP contribution in [0.5, 0.6) is 0 Å². The van der Waals surface area contributed by atoms with E-state index in [0.717, 1.165) is 19.5 Å². The van der Waals surface area contributed by atoms with Gasteiger partial charge >= 0.3 is 0 Å². The highest BCUT2D eigenvalue weighted by Crippen LogP contribution is 2.45. The molecule has 1 nitrogen and oxygen atoms in total. The van der Waals surface area contributed by atoms with Crippen molar-refractivity contribution in [3.63, 3.8) is 0 Å². The summed E-state index contributed by atoms with van der Waals surface area (Å²) in [5, 5.41) is 3.16. The van der Waals surface area contributed by atoms with Crippen molar-refractivity contribution in [2.75, 3.05) is 13.1 Å². The van der Waals surface area contributed by atoms with Gasteiger partial charge in [0.25, 0.3) is 0 Å². The third-order valence-electron chi connectivity index (χ3n) is 2.89. The maximum Gasteiger partial charge on any atom is 0.248 e. The van der Waals surface area contributed by atoms with Gasteiger partial charge in [-0.05, 0) is 31.3 Å². The summed E-state index contributed by atoms with van der Waals surface area (Å²) in [6.45, 7) is 1.73. The van der Waals surface area contributed by atoms with Crippen LogP contribution >= 0.6 is 12.4 Å². The molecule has 1 aliphatic carbocycles. The molecule has 1 aliphatic heterocycles. The molecular weight excluding hydrogens is 184 g/mol. The number of nitrogens with one attached hydrogen (secondary N) is 1. The maximum absolute atomic E-state index is 12.8. The highest BCUT2D eigenvalue weighted by Gasteiger charge is 2.46. The normalized spacial score (nSPS) is 38.5. The lowest BCUT2D eigenvalue weighted by atomic mass is 9.90. The highest BCUT2D eigenvalue weighted by molar-refractivity contribution is 5.85. The molecule has 4 heteroatoms. The zero-order valence-electron chi connectivity index (χ0n) is 6.85. The molecule has 1 heterocycles. The topological polar surface area (TPSA) is 12.0 Å². The molecular formula is C8H14ClF2N. The molecule has 0 bridgehead atoms. The molecule has 1 N–H and O–H groups in total. The molecule has 0 radical (unpaired) electrons. The third kappa shape index (κ3) is 1.88. The average Bonchev–Trinajstić information content (AvgIpc) is 2.21. The van der Waals surface area contributed by atoms with E-state index in [-0.39, 0.29) is 31.2 Å². The summed E-state index contributed by atoms with van der Waals surface area (Å²) in [6, 6.07) is 0. The van der Waals surface area contributed by atoms with Gasteiger partial charge in [-0.15, -0.1) is 12.4 Å². The number of piperidine rings is 1. The molecule has 0 aromatic rings. The van der Waals surface area contributed by atoms with Gasteiger partial charge in [-0.3, -0.25) is 0 Å². The Labute approximate surface area is 77.3 Å². The van der Waals surface area contributed by atoms with Crippen molar-refractivity contribution in [1.82, 2.24) is 5.32 Å². The van der Waals surface area contributed by atoms with Crippen molar-refractivity contribution in [3.8, 4) is 0 Å². The van der Waals surface area contributed by atoms with Crippen LogP contribution < -0.4 is 5.32 Å². The van der Waals surface area contributed by atoms with Crippen molar-refractivity contribution < 1.29 is 8.78 Å². The fraction of sp³-hybridized carbons (Fsp3) is 1.00. The third-order valence-corrected chi connectivity index (χ3v) is 2.89. The van der Waals surface area contributed by atoms with Crippen molar-refractivity contribution >= 4 is 12.4 Å². The number of hydrogen-bond acceptors (Lipinski definition) is 1. The van der Waals surface area contributed by atoms with E-state index in [9.17, 15) is 8.78 Å². The first-order valence-corrected chi connectivity index (χ1v) is 4.26. The van der Waals surface area contributed by atoms with Gasteiger partial charge in [-0.25, -0.2) is 8.78 Å². The molecule has 1 saturated heterocycles. The second-order valence-electron chi connectivity index (χ2n) is 3.78. The van der Waals surface area contributed by atoms with Gasteiger partial charge in [0.15, 0.2) is 0 Å². The van der Waals surface area contributed by atoms with E-state index in [0.29, 0.717) is 5.92 Å². The Morgan fingerprint density at radius 3 is 2.50 bits per heavy atom. The van der Waals surface area contributed by atoms with Crippen LogP contribution in [0.4, 0.5) is 8.78 Å². The Kier molecular flexibility index (Phi) is 2.94. The van der Waals surface area contributed by atoms with E-state index in [4.69, 9.17) is 0 Å². The molecule has 0 amide bonds. The van der Waals surface area contributed by atoms with Crippen molar-refractivity contribution in [1.29, 1.82) is 0 Å². The number of hydrogen-bond donors (Lipinski definition) is 1. The van der Waals surface area contributed by atoms with Crippen molar-refractivity contribution in [3.05, 3.63) is 0 Å². The van der Waals surface area contributed by atoms with Gasteiger partial charge in [-0.1, -0.05) is 0 Å². The number of rotatable bonds is 0. The first kappa shape index (κ1) is 10.2. The van der Waals surface area contributed by atoms with Crippen LogP contribution in [0.1, 0.15) is 19.3 Å². The summed E-state index contributed by atoms with van der Waals surface area (Å²) in [7, 11) is 0. The van der Waals surface area contributed by atoms with Gasteiger partial charge in [0.1, 0.15) is 0 Å². The van der Waals surface area contributed by atoms with E-state index in [1.54, 1.807) is 0 Å². The average molecular weight is 198 g/mol. The van der Waals surface area contributed by atoms with Crippen LogP contribution in [0.25, 0.3) is 0 Å². The molecule has 2 fully saturated rings. The Morgan fingerprint density at radius 1 is 1.17 bits per heavy atom. The summed E-state index contributed by atoms with van der Waals surface area (Å²) in [6.07, 6.45) is 1.20. The molecule has 2 atom stereocenters. The molecule has 1 saturated carbocycles. The predicted octanol–water partition coefficient (Wildman–Crippen LogP) is 2.06. The standard InChI is InChI=1S/C8H13F2N.ClH/c9-8(10)3-6-1-2-11-5-7(6)4-8;/h6-7,11H,1-5H2;1H. The first-order chi connectivity index (χ1) is 5.17. The van der Waals surface area contributed by atoms with E-state index in [2.05, 4.69) is 5.32 Å². The van der Waals surface area contributed by atoms with Crippen LogP contribution in [0, 0.1) is 11.8 Å². The zero-order chi connectivity index (χ0) is 7.90. The zero-order valence-corrected chi connectivity index (χ0v) is 7.67. The van der Waals surface area contributed by atoms with Gasteiger partial charge in [0.2, 0.25) is 5.92 Å². The van der Waals surface area contributed by atoms with Gasteiger partial charge in [0.05, 0.1) is 0 Å². The van der Waals surface area contributed by atoms with E-state index in [1.807, 2.05) is 0 Å². The first-order valence-electron chi connectivity index (χ1n) is 4.26. The second-order valence-corrected chi connectivity index (χ2v) is 3.78. The van der Waals surface area contributed by atoms with Gasteiger partial charge in [0, 0.05) is 12.8 Å². The molecule has 72 valence electrons. The number of fused-ring (bicyclic) bond motifs is 1. The summed E-state index contributed by atoms with van der Waals surface area (Å²) in [5.41, 5.74) is 0. The lowest BCUT2D eigenvalue weighted by Crippen LogP contribution is -2.33. The van der Waals surface area contributed by atoms with E-state index < -0.39 is 5.92 Å². The SMILES string of the molecule is Cl.FC1(F)CC2CCNCC2C1. The lowest BCUT2D eigenvalue weighted by molar-refractivity contribution is 0.00297. The quantitative estimate of drug-likeness (QED) is 0.627. The van der Waals surface area contributed by atoms with Crippen LogP contribution in [0.2, 0.25) is 0 Å². The molecule has 2 unspecified atom stereocenters. The van der Waals surface area contributed by atoms with Crippen molar-refractivity contribution in [2.45, 2.75) is 25.2 Å². The van der Waals surface area contributed by atoms with Gasteiger partial charge < -0.3 is 5.32 Å². The Balaban J connectivity index is 0.000000720. The van der Waals surface area contributed by atoms with Crippen molar-refractivity contribution in [2.24, 2.45) is 11.8 Å². The highest BCUT2D eigenvalue weighted by atomic mass is 35.5. The monoisotopic (exact) mass is 197 g/mol. The summed E-state index contributed by atoms with van der Waals surface area (Å²) >= 11 is 0. The fourth-order valence-electron chi connectivity index (χ4n) is 2.34. The molecule has 0 aromatic carbocycles. The van der Waals surface area contributed by atoms with Crippen LogP contribution in [-0.4, -0.2) is 19.0 Å². The Morgan fingerprint density at radius 2 is 1.83 bits per heavy atom. The van der Waals surface area contributed by atoms with Crippen LogP contribution in [0.15, 0.2) is 0 Å². The second kappa shape index (κ2) is 3.46. The number of alkyl halides is 2. The predicted molar refractivity (Wildman–Crippen MR) is 45.9 cm³/mol. The fourth-order valence-corrected chi connectivity index (χ4v) is 2.34. The smallest absolute Gasteiger partial charge is 0.248 e. The molecule has 2 aliphatic rings. The number of halogens is 3.